The van der Waals surface area contributed by atoms with E-state index in [0.29, 0.717) is 11.5 Å². The Balaban J connectivity index is 1.82. The van der Waals surface area contributed by atoms with Crippen LogP contribution in [0.15, 0.2) is 18.2 Å². The predicted octanol–water partition coefficient (Wildman–Crippen LogP) is 1.31. The number of nitro benzene ring substituents is 1. The van der Waals surface area contributed by atoms with E-state index in [4.69, 9.17) is 4.74 Å². The third-order valence-electron chi connectivity index (χ3n) is 3.37. The highest BCUT2D eigenvalue weighted by atomic mass is 32.2. The lowest BCUT2D eigenvalue weighted by Gasteiger charge is -2.11. The number of amides is 1. The average molecular weight is 325 g/mol. The van der Waals surface area contributed by atoms with E-state index in [2.05, 4.69) is 10.6 Å². The highest BCUT2D eigenvalue weighted by molar-refractivity contribution is 7.99. The highest BCUT2D eigenvalue weighted by Gasteiger charge is 2.17. The highest BCUT2D eigenvalue weighted by Crippen LogP contribution is 2.28. The minimum Gasteiger partial charge on any atom is -0.490 e. The molecule has 8 heteroatoms. The van der Waals surface area contributed by atoms with Crippen molar-refractivity contribution in [3.05, 3.63) is 33.9 Å². The van der Waals surface area contributed by atoms with Crippen molar-refractivity contribution in [2.24, 2.45) is 0 Å². The van der Waals surface area contributed by atoms with E-state index in [9.17, 15) is 14.9 Å². The van der Waals surface area contributed by atoms with Gasteiger partial charge in [0.15, 0.2) is 5.75 Å². The lowest BCUT2D eigenvalue weighted by atomic mass is 10.2. The molecule has 2 rings (SSSR count). The van der Waals surface area contributed by atoms with Crippen LogP contribution >= 0.6 is 11.8 Å². The van der Waals surface area contributed by atoms with Gasteiger partial charge in [0.05, 0.1) is 17.8 Å². The van der Waals surface area contributed by atoms with Gasteiger partial charge in [0, 0.05) is 24.4 Å². The third kappa shape index (κ3) is 4.60. The van der Waals surface area contributed by atoms with Gasteiger partial charge in [-0.15, -0.1) is 11.8 Å². The van der Waals surface area contributed by atoms with E-state index >= 15 is 0 Å². The number of rotatable bonds is 7. The summed E-state index contributed by atoms with van der Waals surface area (Å²) in [7, 11) is 1.40. The molecule has 1 heterocycles. The van der Waals surface area contributed by atoms with E-state index in [1.54, 1.807) is 12.1 Å². The van der Waals surface area contributed by atoms with Crippen LogP contribution in [0.2, 0.25) is 0 Å². The molecule has 0 radical (unpaired) electrons. The summed E-state index contributed by atoms with van der Waals surface area (Å²) in [6.07, 6.45) is 0.959. The van der Waals surface area contributed by atoms with E-state index in [0.717, 1.165) is 25.1 Å². The molecule has 1 unspecified atom stereocenters. The van der Waals surface area contributed by atoms with Crippen LogP contribution in [0.3, 0.4) is 0 Å². The normalized spacial score (nSPS) is 17.2. The minimum atomic E-state index is -0.465. The summed E-state index contributed by atoms with van der Waals surface area (Å²) in [6, 6.07) is 5.07. The number of nitrogens with one attached hydrogen (secondary N) is 2. The first-order valence-corrected chi connectivity index (χ1v) is 8.14. The smallest absolute Gasteiger partial charge is 0.311 e. The summed E-state index contributed by atoms with van der Waals surface area (Å²) in [5.41, 5.74) is 0.745. The van der Waals surface area contributed by atoms with E-state index in [1.165, 1.54) is 24.9 Å². The molecule has 0 aromatic heterocycles. The molecule has 7 nitrogen and oxygen atoms in total. The van der Waals surface area contributed by atoms with Gasteiger partial charge in [-0.05, 0) is 24.6 Å². The Morgan fingerprint density at radius 2 is 2.41 bits per heavy atom. The summed E-state index contributed by atoms with van der Waals surface area (Å²) in [6.45, 7) is 1.76. The quantitative estimate of drug-likeness (QED) is 0.580. The lowest BCUT2D eigenvalue weighted by Crippen LogP contribution is -2.37. The van der Waals surface area contributed by atoms with Crippen LogP contribution < -0.4 is 15.4 Å². The molecule has 0 saturated carbocycles. The zero-order valence-corrected chi connectivity index (χ0v) is 13.1. The molecule has 1 amide bonds. The van der Waals surface area contributed by atoms with Crippen LogP contribution in [-0.2, 0) is 10.5 Å². The van der Waals surface area contributed by atoms with Gasteiger partial charge in [-0.25, -0.2) is 0 Å². The van der Waals surface area contributed by atoms with E-state index < -0.39 is 4.92 Å². The largest absolute Gasteiger partial charge is 0.490 e. The number of carbonyl (C=O) groups is 1. The number of carbonyl (C=O) groups excluding carboxylic acids is 1. The molecule has 0 bridgehead atoms. The van der Waals surface area contributed by atoms with Crippen LogP contribution in [0.4, 0.5) is 5.69 Å². The summed E-state index contributed by atoms with van der Waals surface area (Å²) in [5, 5.41) is 17.1. The van der Waals surface area contributed by atoms with Crippen molar-refractivity contribution in [2.75, 3.05) is 26.0 Å². The number of nitrogens with zero attached hydrogens (tertiary/aromatic N) is 1. The second-order valence-electron chi connectivity index (χ2n) is 5.01. The van der Waals surface area contributed by atoms with Crippen molar-refractivity contribution in [3.63, 3.8) is 0 Å². The maximum Gasteiger partial charge on any atom is 0.311 e. The van der Waals surface area contributed by atoms with Gasteiger partial charge in [0.2, 0.25) is 5.91 Å². The van der Waals surface area contributed by atoms with Crippen molar-refractivity contribution in [1.82, 2.24) is 10.6 Å². The Hall–Kier alpha value is -1.80. The van der Waals surface area contributed by atoms with Crippen molar-refractivity contribution in [1.29, 1.82) is 0 Å². The minimum absolute atomic E-state index is 0.00158. The molecule has 1 aromatic carbocycles. The van der Waals surface area contributed by atoms with Crippen LogP contribution in [0.1, 0.15) is 12.0 Å². The zero-order valence-electron chi connectivity index (χ0n) is 12.3. The fourth-order valence-electron chi connectivity index (χ4n) is 2.28. The van der Waals surface area contributed by atoms with Crippen LogP contribution in [-0.4, -0.2) is 42.8 Å². The predicted molar refractivity (Wildman–Crippen MR) is 85.2 cm³/mol. The summed E-state index contributed by atoms with van der Waals surface area (Å²) in [4.78, 5) is 22.3. The first-order valence-electron chi connectivity index (χ1n) is 6.99. The van der Waals surface area contributed by atoms with Crippen molar-refractivity contribution in [3.8, 4) is 5.75 Å². The topological polar surface area (TPSA) is 93.5 Å². The number of nitro groups is 1. The Kier molecular flexibility index (Phi) is 6.02. The van der Waals surface area contributed by atoms with Crippen molar-refractivity contribution < 1.29 is 14.5 Å². The second-order valence-corrected chi connectivity index (χ2v) is 6.00. The molecule has 1 fully saturated rings. The number of ether oxygens (including phenoxy) is 1. The van der Waals surface area contributed by atoms with Gasteiger partial charge in [-0.2, -0.15) is 0 Å². The molecule has 1 aromatic rings. The average Bonchev–Trinajstić information content (AvgIpc) is 2.99. The first-order chi connectivity index (χ1) is 10.6. The van der Waals surface area contributed by atoms with Gasteiger partial charge in [0.1, 0.15) is 0 Å². The molecule has 1 atom stereocenters. The number of thioether (sulfide) groups is 1. The molecule has 22 heavy (non-hydrogen) atoms. The molecule has 120 valence electrons. The lowest BCUT2D eigenvalue weighted by molar-refractivity contribution is -0.385. The van der Waals surface area contributed by atoms with Crippen LogP contribution in [0.25, 0.3) is 0 Å². The second kappa shape index (κ2) is 8.00. The SMILES string of the molecule is COc1ccc(CSCC(=O)NC2CCNC2)cc1[N+](=O)[O-]. The van der Waals surface area contributed by atoms with E-state index in [-0.39, 0.29) is 23.4 Å². The van der Waals surface area contributed by atoms with Gasteiger partial charge in [-0.1, -0.05) is 6.07 Å². The summed E-state index contributed by atoms with van der Waals surface area (Å²) in [5.74, 6) is 1.13. The van der Waals surface area contributed by atoms with Gasteiger partial charge in [-0.3, -0.25) is 14.9 Å². The molecular weight excluding hydrogens is 306 g/mol. The van der Waals surface area contributed by atoms with Gasteiger partial charge >= 0.3 is 5.69 Å². The fraction of sp³-hybridized carbons (Fsp3) is 0.500. The molecule has 0 spiro atoms. The maximum absolute atomic E-state index is 11.8. The number of benzene rings is 1. The van der Waals surface area contributed by atoms with Crippen molar-refractivity contribution >= 4 is 23.4 Å². The zero-order chi connectivity index (χ0) is 15.9. The summed E-state index contributed by atoms with van der Waals surface area (Å²) < 4.78 is 4.96. The Morgan fingerprint density at radius 3 is 3.05 bits per heavy atom. The molecule has 1 aliphatic rings. The van der Waals surface area contributed by atoms with Gasteiger partial charge < -0.3 is 15.4 Å². The third-order valence-corrected chi connectivity index (χ3v) is 4.37. The number of methoxy groups -OCH3 is 1. The van der Waals surface area contributed by atoms with E-state index in [1.807, 2.05) is 0 Å². The molecule has 0 aliphatic carbocycles. The Labute approximate surface area is 132 Å². The fourth-order valence-corrected chi connectivity index (χ4v) is 3.06. The maximum atomic E-state index is 11.8. The Morgan fingerprint density at radius 1 is 1.59 bits per heavy atom. The molecule has 1 saturated heterocycles. The molecule has 1 aliphatic heterocycles. The van der Waals surface area contributed by atoms with Crippen LogP contribution in [0.5, 0.6) is 5.75 Å². The number of hydrogen-bond donors (Lipinski definition) is 2. The summed E-state index contributed by atoms with van der Waals surface area (Å²) >= 11 is 1.44. The number of hydrogen-bond acceptors (Lipinski definition) is 6. The molecule has 2 N–H and O–H groups in total. The monoisotopic (exact) mass is 325 g/mol. The Bertz CT molecular complexity index is 547. The van der Waals surface area contributed by atoms with Gasteiger partial charge in [0.25, 0.3) is 0 Å². The van der Waals surface area contributed by atoms with Crippen LogP contribution in [0, 0.1) is 10.1 Å². The van der Waals surface area contributed by atoms with Crippen molar-refractivity contribution in [2.45, 2.75) is 18.2 Å². The first kappa shape index (κ1) is 16.6. The standard InChI is InChI=1S/C14H19N3O4S/c1-21-13-3-2-10(6-12(13)17(19)20)8-22-9-14(18)16-11-4-5-15-7-11/h2-3,6,11,15H,4-5,7-9H2,1H3,(H,16,18). The molecular formula is C14H19N3O4S.